The lowest BCUT2D eigenvalue weighted by Gasteiger charge is -2.23. The maximum atomic E-state index is 13.0. The fraction of sp³-hybridized carbons (Fsp3) is 0.444. The first-order chi connectivity index (χ1) is 16.6. The largest absolute Gasteiger partial charge is 0.496 e. The molecule has 2 aromatic carbocycles. The number of benzene rings is 2. The Morgan fingerprint density at radius 3 is 2.34 bits per heavy atom. The molecular formula is C27H34ClN3O4. The van der Waals surface area contributed by atoms with Crippen molar-refractivity contribution in [2.24, 2.45) is 5.41 Å². The van der Waals surface area contributed by atoms with Crippen LogP contribution in [-0.4, -0.2) is 30.9 Å². The molecule has 1 aliphatic rings. The summed E-state index contributed by atoms with van der Waals surface area (Å²) in [5.74, 6) is -0.288. The van der Waals surface area contributed by atoms with Crippen molar-refractivity contribution in [2.75, 3.05) is 12.4 Å². The van der Waals surface area contributed by atoms with Gasteiger partial charge in [-0.15, -0.1) is 0 Å². The standard InChI is InChI=1S/C27H34ClN3O4/c1-27(2,3)26(34)29-16-17-10-12-22(28)20(14-17)24(32)31-19-11-13-23(35-4)21(15-19)25(33)30-18-8-6-5-7-9-18/h10-15,18H,5-9,16H2,1-4H3,(H,29,34)(H,30,33)(H,31,32). The summed E-state index contributed by atoms with van der Waals surface area (Å²) in [5.41, 5.74) is 1.33. The number of methoxy groups -OCH3 is 1. The molecule has 3 rings (SSSR count). The van der Waals surface area contributed by atoms with E-state index in [4.69, 9.17) is 16.3 Å². The predicted molar refractivity (Wildman–Crippen MR) is 138 cm³/mol. The lowest BCUT2D eigenvalue weighted by molar-refractivity contribution is -0.128. The fourth-order valence-corrected chi connectivity index (χ4v) is 4.18. The predicted octanol–water partition coefficient (Wildman–Crippen LogP) is 5.33. The summed E-state index contributed by atoms with van der Waals surface area (Å²) in [6.45, 7) is 5.78. The second kappa shape index (κ2) is 11.6. The van der Waals surface area contributed by atoms with Gasteiger partial charge in [0.15, 0.2) is 0 Å². The Hall–Kier alpha value is -3.06. The van der Waals surface area contributed by atoms with Crippen LogP contribution in [0.15, 0.2) is 36.4 Å². The Kier molecular flexibility index (Phi) is 8.78. The topological polar surface area (TPSA) is 96.5 Å². The molecule has 0 spiro atoms. The maximum Gasteiger partial charge on any atom is 0.257 e. The van der Waals surface area contributed by atoms with Gasteiger partial charge in [-0.1, -0.05) is 57.7 Å². The molecule has 0 aromatic heterocycles. The Labute approximate surface area is 212 Å². The highest BCUT2D eigenvalue weighted by molar-refractivity contribution is 6.34. The fourth-order valence-electron chi connectivity index (χ4n) is 3.98. The summed E-state index contributed by atoms with van der Waals surface area (Å²) in [4.78, 5) is 38.1. The smallest absolute Gasteiger partial charge is 0.257 e. The van der Waals surface area contributed by atoms with E-state index in [1.54, 1.807) is 36.4 Å². The van der Waals surface area contributed by atoms with Gasteiger partial charge in [0.2, 0.25) is 5.91 Å². The van der Waals surface area contributed by atoms with Gasteiger partial charge in [0.05, 0.1) is 23.3 Å². The van der Waals surface area contributed by atoms with Crippen LogP contribution < -0.4 is 20.7 Å². The zero-order valence-electron chi connectivity index (χ0n) is 20.8. The minimum Gasteiger partial charge on any atom is -0.496 e. The molecule has 1 fully saturated rings. The average molecular weight is 500 g/mol. The Morgan fingerprint density at radius 1 is 0.971 bits per heavy atom. The highest BCUT2D eigenvalue weighted by atomic mass is 35.5. The van der Waals surface area contributed by atoms with Gasteiger partial charge in [-0.25, -0.2) is 0 Å². The maximum absolute atomic E-state index is 13.0. The number of anilines is 1. The number of carbonyl (C=O) groups excluding carboxylic acids is 3. The van der Waals surface area contributed by atoms with Crippen molar-refractivity contribution in [3.8, 4) is 5.75 Å². The molecule has 0 heterocycles. The summed E-state index contributed by atoms with van der Waals surface area (Å²) in [6.07, 6.45) is 5.35. The molecule has 3 amide bonds. The van der Waals surface area contributed by atoms with Crippen LogP contribution in [0.3, 0.4) is 0 Å². The quantitative estimate of drug-likeness (QED) is 0.480. The van der Waals surface area contributed by atoms with Gasteiger partial charge in [-0.05, 0) is 48.7 Å². The minimum atomic E-state index is -0.512. The molecule has 188 valence electrons. The van der Waals surface area contributed by atoms with Crippen LogP contribution in [0.4, 0.5) is 5.69 Å². The Balaban J connectivity index is 1.73. The van der Waals surface area contributed by atoms with Crippen LogP contribution >= 0.6 is 11.6 Å². The van der Waals surface area contributed by atoms with E-state index in [0.717, 1.165) is 31.2 Å². The van der Waals surface area contributed by atoms with Crippen molar-refractivity contribution in [1.29, 1.82) is 0 Å². The minimum absolute atomic E-state index is 0.0873. The van der Waals surface area contributed by atoms with Crippen LogP contribution in [0, 0.1) is 5.41 Å². The van der Waals surface area contributed by atoms with Crippen molar-refractivity contribution >= 4 is 35.0 Å². The first-order valence-electron chi connectivity index (χ1n) is 12.0. The third-order valence-corrected chi connectivity index (χ3v) is 6.38. The van der Waals surface area contributed by atoms with Crippen molar-refractivity contribution in [1.82, 2.24) is 10.6 Å². The molecule has 2 aromatic rings. The first kappa shape index (κ1) is 26.5. The summed E-state index contributed by atoms with van der Waals surface area (Å²) >= 11 is 6.30. The molecule has 0 unspecified atom stereocenters. The SMILES string of the molecule is COc1ccc(NC(=O)c2cc(CNC(=O)C(C)(C)C)ccc2Cl)cc1C(=O)NC1CCCCC1. The molecule has 0 bridgehead atoms. The number of hydrogen-bond donors (Lipinski definition) is 3. The first-order valence-corrected chi connectivity index (χ1v) is 12.3. The molecule has 0 saturated heterocycles. The summed E-state index contributed by atoms with van der Waals surface area (Å²) in [6, 6.07) is 10.1. The molecule has 1 aliphatic carbocycles. The van der Waals surface area contributed by atoms with E-state index in [0.29, 0.717) is 17.0 Å². The summed E-state index contributed by atoms with van der Waals surface area (Å²) in [5, 5.41) is 9.06. The second-order valence-electron chi connectivity index (χ2n) is 9.92. The van der Waals surface area contributed by atoms with Gasteiger partial charge in [0, 0.05) is 23.7 Å². The van der Waals surface area contributed by atoms with Crippen LogP contribution in [0.2, 0.25) is 5.02 Å². The third-order valence-electron chi connectivity index (χ3n) is 6.05. The van der Waals surface area contributed by atoms with Gasteiger partial charge in [0.1, 0.15) is 5.75 Å². The number of carbonyl (C=O) groups is 3. The zero-order valence-corrected chi connectivity index (χ0v) is 21.6. The molecule has 0 radical (unpaired) electrons. The van der Waals surface area contributed by atoms with Crippen molar-refractivity contribution in [3.05, 3.63) is 58.1 Å². The average Bonchev–Trinajstić information content (AvgIpc) is 2.83. The van der Waals surface area contributed by atoms with E-state index in [-0.39, 0.29) is 35.0 Å². The number of rotatable bonds is 7. The van der Waals surface area contributed by atoms with Crippen LogP contribution in [0.5, 0.6) is 5.75 Å². The van der Waals surface area contributed by atoms with Crippen LogP contribution in [0.25, 0.3) is 0 Å². The molecule has 35 heavy (non-hydrogen) atoms. The molecule has 7 nitrogen and oxygen atoms in total. The molecule has 8 heteroatoms. The third kappa shape index (κ3) is 7.21. The lowest BCUT2D eigenvalue weighted by atomic mass is 9.95. The van der Waals surface area contributed by atoms with E-state index >= 15 is 0 Å². The van der Waals surface area contributed by atoms with Gasteiger partial charge >= 0.3 is 0 Å². The van der Waals surface area contributed by atoms with Crippen molar-refractivity contribution in [2.45, 2.75) is 65.5 Å². The highest BCUT2D eigenvalue weighted by Crippen LogP contribution is 2.26. The summed E-state index contributed by atoms with van der Waals surface area (Å²) < 4.78 is 5.38. The van der Waals surface area contributed by atoms with E-state index in [1.165, 1.54) is 13.5 Å². The Morgan fingerprint density at radius 2 is 1.69 bits per heavy atom. The number of hydrogen-bond acceptors (Lipinski definition) is 4. The second-order valence-corrected chi connectivity index (χ2v) is 10.3. The molecule has 1 saturated carbocycles. The van der Waals surface area contributed by atoms with E-state index in [2.05, 4.69) is 16.0 Å². The molecule has 3 N–H and O–H groups in total. The number of amides is 3. The molecular weight excluding hydrogens is 466 g/mol. The van der Waals surface area contributed by atoms with Gasteiger partial charge in [-0.2, -0.15) is 0 Å². The highest BCUT2D eigenvalue weighted by Gasteiger charge is 2.22. The van der Waals surface area contributed by atoms with Crippen LogP contribution in [-0.2, 0) is 11.3 Å². The van der Waals surface area contributed by atoms with E-state index < -0.39 is 11.3 Å². The Bertz CT molecular complexity index is 1090. The normalized spacial score (nSPS) is 14.2. The summed E-state index contributed by atoms with van der Waals surface area (Å²) in [7, 11) is 1.51. The zero-order chi connectivity index (χ0) is 25.6. The number of ether oxygens (including phenoxy) is 1. The van der Waals surface area contributed by atoms with Crippen LogP contribution in [0.1, 0.15) is 79.2 Å². The molecule has 0 atom stereocenters. The number of nitrogens with one attached hydrogen (secondary N) is 3. The van der Waals surface area contributed by atoms with E-state index in [1.807, 2.05) is 20.8 Å². The van der Waals surface area contributed by atoms with Crippen molar-refractivity contribution < 1.29 is 19.1 Å². The number of halogens is 1. The lowest BCUT2D eigenvalue weighted by Crippen LogP contribution is -2.36. The van der Waals surface area contributed by atoms with E-state index in [9.17, 15) is 14.4 Å². The monoisotopic (exact) mass is 499 g/mol. The molecule has 0 aliphatic heterocycles. The van der Waals surface area contributed by atoms with Gasteiger partial charge in [0.25, 0.3) is 11.8 Å². The van der Waals surface area contributed by atoms with Gasteiger partial charge in [-0.3, -0.25) is 14.4 Å². The van der Waals surface area contributed by atoms with Crippen molar-refractivity contribution in [3.63, 3.8) is 0 Å². The van der Waals surface area contributed by atoms with Gasteiger partial charge < -0.3 is 20.7 Å².